The van der Waals surface area contributed by atoms with Gasteiger partial charge in [0.25, 0.3) is 5.91 Å². The largest absolute Gasteiger partial charge is 0.393 e. The number of nitrogens with zero attached hydrogens (tertiary/aromatic N) is 1. The molecule has 1 heterocycles. The summed E-state index contributed by atoms with van der Waals surface area (Å²) < 4.78 is 37.1. The molecule has 1 amide bonds. The van der Waals surface area contributed by atoms with Crippen LogP contribution in [0.3, 0.4) is 0 Å². The van der Waals surface area contributed by atoms with Gasteiger partial charge >= 0.3 is 6.18 Å². The van der Waals surface area contributed by atoms with Gasteiger partial charge in [0, 0.05) is 17.5 Å². The van der Waals surface area contributed by atoms with Crippen molar-refractivity contribution in [1.29, 1.82) is 0 Å². The van der Waals surface area contributed by atoms with E-state index in [1.54, 1.807) is 5.38 Å². The van der Waals surface area contributed by atoms with Crippen molar-refractivity contribution in [1.82, 2.24) is 4.98 Å². The Hall–Kier alpha value is -1.93. The normalized spacial score (nSPS) is 11.5. The average molecular weight is 329 g/mol. The number of nitrogens with two attached hydrogens (primary N) is 1. The molecule has 0 atom stereocenters. The molecule has 0 aliphatic heterocycles. The molecule has 0 aliphatic rings. The van der Waals surface area contributed by atoms with Crippen LogP contribution in [0.5, 0.6) is 0 Å². The average Bonchev–Trinajstić information content (AvgIpc) is 2.86. The summed E-state index contributed by atoms with van der Waals surface area (Å²) in [6, 6.07) is 5.67. The van der Waals surface area contributed by atoms with E-state index < -0.39 is 18.5 Å². The van der Waals surface area contributed by atoms with Gasteiger partial charge in [-0.25, -0.2) is 4.98 Å². The van der Waals surface area contributed by atoms with Crippen molar-refractivity contribution in [2.45, 2.75) is 19.0 Å². The molecule has 4 nitrogen and oxygen atoms in total. The molecule has 1 aromatic heterocycles. The summed E-state index contributed by atoms with van der Waals surface area (Å²) in [6.45, 7) is 0.439. The predicted molar refractivity (Wildman–Crippen MR) is 79.0 cm³/mol. The fourth-order valence-electron chi connectivity index (χ4n) is 1.84. The number of hydrogen-bond donors (Lipinski definition) is 2. The lowest BCUT2D eigenvalue weighted by molar-refractivity contribution is -0.127. The SMILES string of the molecule is NCCc1nc(C(=O)Nc2cccc(CC(F)(F)F)c2)cs1. The number of carbonyl (C=O) groups excluding carboxylic acids is 1. The molecular formula is C14H14F3N3OS. The highest BCUT2D eigenvalue weighted by Gasteiger charge is 2.27. The summed E-state index contributed by atoms with van der Waals surface area (Å²) in [5.41, 5.74) is 6.04. The van der Waals surface area contributed by atoms with Crippen molar-refractivity contribution < 1.29 is 18.0 Å². The van der Waals surface area contributed by atoms with Crippen LogP contribution in [-0.2, 0) is 12.8 Å². The Morgan fingerprint density at radius 3 is 2.82 bits per heavy atom. The number of halogens is 3. The lowest BCUT2D eigenvalue weighted by atomic mass is 10.1. The van der Waals surface area contributed by atoms with Crippen molar-refractivity contribution in [2.75, 3.05) is 11.9 Å². The first kappa shape index (κ1) is 16.4. The minimum atomic E-state index is -4.28. The highest BCUT2D eigenvalue weighted by Crippen LogP contribution is 2.23. The van der Waals surface area contributed by atoms with E-state index in [1.807, 2.05) is 0 Å². The predicted octanol–water partition coefficient (Wildman–Crippen LogP) is 3.00. The van der Waals surface area contributed by atoms with Gasteiger partial charge in [-0.2, -0.15) is 13.2 Å². The Kier molecular flexibility index (Phi) is 5.15. The molecule has 0 saturated heterocycles. The zero-order valence-electron chi connectivity index (χ0n) is 11.5. The van der Waals surface area contributed by atoms with Gasteiger partial charge in [-0.15, -0.1) is 11.3 Å². The summed E-state index contributed by atoms with van der Waals surface area (Å²) in [4.78, 5) is 16.1. The van der Waals surface area contributed by atoms with Crippen LogP contribution in [0.2, 0.25) is 0 Å². The Bertz CT molecular complexity index is 655. The van der Waals surface area contributed by atoms with Crippen molar-refractivity contribution >= 4 is 22.9 Å². The molecular weight excluding hydrogens is 315 g/mol. The zero-order chi connectivity index (χ0) is 16.2. The van der Waals surface area contributed by atoms with E-state index in [1.165, 1.54) is 35.6 Å². The molecule has 0 unspecified atom stereocenters. The van der Waals surface area contributed by atoms with Crippen LogP contribution in [0.15, 0.2) is 29.6 Å². The first-order chi connectivity index (χ1) is 10.4. The molecule has 0 aliphatic carbocycles. The maximum absolute atomic E-state index is 12.4. The number of aromatic nitrogens is 1. The topological polar surface area (TPSA) is 68.0 Å². The lowest BCUT2D eigenvalue weighted by Crippen LogP contribution is -2.14. The maximum Gasteiger partial charge on any atom is 0.393 e. The third-order valence-electron chi connectivity index (χ3n) is 2.73. The van der Waals surface area contributed by atoms with Gasteiger partial charge in [0.1, 0.15) is 5.69 Å². The van der Waals surface area contributed by atoms with Crippen LogP contribution < -0.4 is 11.1 Å². The molecule has 118 valence electrons. The smallest absolute Gasteiger partial charge is 0.330 e. The Labute approximate surface area is 129 Å². The van der Waals surface area contributed by atoms with Crippen molar-refractivity contribution in [3.05, 3.63) is 45.9 Å². The minimum absolute atomic E-state index is 0.0902. The summed E-state index contributed by atoms with van der Waals surface area (Å²) >= 11 is 1.32. The molecule has 0 bridgehead atoms. The number of anilines is 1. The molecule has 8 heteroatoms. The van der Waals surface area contributed by atoms with E-state index in [-0.39, 0.29) is 11.3 Å². The number of thiazole rings is 1. The monoisotopic (exact) mass is 329 g/mol. The van der Waals surface area contributed by atoms with Crippen molar-refractivity contribution in [2.24, 2.45) is 5.73 Å². The standard InChI is InChI=1S/C14H14F3N3OS/c15-14(16,17)7-9-2-1-3-10(6-9)19-13(21)11-8-22-12(20-11)4-5-18/h1-3,6,8H,4-5,7,18H2,(H,19,21). The number of hydrogen-bond acceptors (Lipinski definition) is 4. The Balaban J connectivity index is 2.06. The number of rotatable bonds is 5. The van der Waals surface area contributed by atoms with E-state index in [4.69, 9.17) is 5.73 Å². The Morgan fingerprint density at radius 2 is 2.14 bits per heavy atom. The fourth-order valence-corrected chi connectivity index (χ4v) is 2.63. The number of carbonyl (C=O) groups is 1. The van der Waals surface area contributed by atoms with Crippen LogP contribution >= 0.6 is 11.3 Å². The number of benzene rings is 1. The number of amides is 1. The summed E-state index contributed by atoms with van der Waals surface area (Å²) in [5.74, 6) is -0.455. The van der Waals surface area contributed by atoms with Crippen LogP contribution in [0.25, 0.3) is 0 Å². The second-order valence-electron chi connectivity index (χ2n) is 4.61. The highest BCUT2D eigenvalue weighted by atomic mass is 32.1. The second kappa shape index (κ2) is 6.89. The molecule has 0 spiro atoms. The van der Waals surface area contributed by atoms with E-state index in [2.05, 4.69) is 10.3 Å². The molecule has 1 aromatic carbocycles. The van der Waals surface area contributed by atoms with Gasteiger partial charge in [-0.3, -0.25) is 4.79 Å². The number of alkyl halides is 3. The Morgan fingerprint density at radius 1 is 1.36 bits per heavy atom. The molecule has 22 heavy (non-hydrogen) atoms. The second-order valence-corrected chi connectivity index (χ2v) is 5.55. The molecule has 2 aromatic rings. The quantitative estimate of drug-likeness (QED) is 0.886. The third-order valence-corrected chi connectivity index (χ3v) is 3.64. The van der Waals surface area contributed by atoms with Gasteiger partial charge in [-0.1, -0.05) is 12.1 Å². The molecule has 3 N–H and O–H groups in total. The van der Waals surface area contributed by atoms with Crippen LogP contribution in [0.1, 0.15) is 21.1 Å². The minimum Gasteiger partial charge on any atom is -0.330 e. The van der Waals surface area contributed by atoms with Gasteiger partial charge < -0.3 is 11.1 Å². The maximum atomic E-state index is 12.4. The van der Waals surface area contributed by atoms with Gasteiger partial charge in [0.15, 0.2) is 0 Å². The molecule has 0 fully saturated rings. The first-order valence-corrected chi connectivity index (χ1v) is 7.37. The van der Waals surface area contributed by atoms with E-state index >= 15 is 0 Å². The zero-order valence-corrected chi connectivity index (χ0v) is 12.3. The van der Waals surface area contributed by atoms with E-state index in [9.17, 15) is 18.0 Å². The summed E-state index contributed by atoms with van der Waals surface area (Å²) in [7, 11) is 0. The third kappa shape index (κ3) is 4.81. The van der Waals surface area contributed by atoms with E-state index in [0.29, 0.717) is 18.7 Å². The first-order valence-electron chi connectivity index (χ1n) is 6.49. The molecule has 0 radical (unpaired) electrons. The lowest BCUT2D eigenvalue weighted by Gasteiger charge is -2.08. The van der Waals surface area contributed by atoms with Crippen molar-refractivity contribution in [3.63, 3.8) is 0 Å². The highest BCUT2D eigenvalue weighted by molar-refractivity contribution is 7.09. The summed E-state index contributed by atoms with van der Waals surface area (Å²) in [6.07, 6.45) is -4.73. The number of nitrogens with one attached hydrogen (secondary N) is 1. The van der Waals surface area contributed by atoms with E-state index in [0.717, 1.165) is 5.01 Å². The van der Waals surface area contributed by atoms with Crippen molar-refractivity contribution in [3.8, 4) is 0 Å². The van der Waals surface area contributed by atoms with Gasteiger partial charge in [-0.05, 0) is 24.2 Å². The van der Waals surface area contributed by atoms with Crippen LogP contribution in [0.4, 0.5) is 18.9 Å². The molecule has 0 saturated carbocycles. The van der Waals surface area contributed by atoms with Gasteiger partial charge in [0.05, 0.1) is 11.4 Å². The van der Waals surface area contributed by atoms with Gasteiger partial charge in [0.2, 0.25) is 0 Å². The van der Waals surface area contributed by atoms with Crippen LogP contribution in [-0.4, -0.2) is 23.6 Å². The fraction of sp³-hybridized carbons (Fsp3) is 0.286. The summed E-state index contributed by atoms with van der Waals surface area (Å²) in [5, 5.41) is 4.89. The molecule has 2 rings (SSSR count). The van der Waals surface area contributed by atoms with Crippen LogP contribution in [0, 0.1) is 0 Å².